The number of rotatable bonds is 17. The molecule has 1 heterocycles. The van der Waals surface area contributed by atoms with Gasteiger partial charge in [0.2, 0.25) is 5.91 Å². The Hall–Kier alpha value is -4.05. The average molecular weight is 585 g/mol. The van der Waals surface area contributed by atoms with E-state index in [0.717, 1.165) is 47.2 Å². The van der Waals surface area contributed by atoms with Crippen molar-refractivity contribution >= 4 is 22.6 Å². The van der Waals surface area contributed by atoms with Gasteiger partial charge in [0.15, 0.2) is 0 Å². The zero-order valence-electron chi connectivity index (χ0n) is 25.2. The molecule has 2 atom stereocenters. The number of nitrogens with one attached hydrogen (secondary N) is 4. The van der Waals surface area contributed by atoms with E-state index in [4.69, 9.17) is 0 Å². The Bertz CT molecular complexity index is 1410. The third-order valence-corrected chi connectivity index (χ3v) is 7.59. The van der Waals surface area contributed by atoms with Gasteiger partial charge in [-0.2, -0.15) is 0 Å². The first-order valence-corrected chi connectivity index (χ1v) is 15.2. The van der Waals surface area contributed by atoms with E-state index in [1.807, 2.05) is 43.3 Å². The van der Waals surface area contributed by atoms with E-state index < -0.39 is 6.04 Å². The van der Waals surface area contributed by atoms with Crippen LogP contribution in [0.25, 0.3) is 10.8 Å². The predicted octanol–water partition coefficient (Wildman–Crippen LogP) is 4.31. The summed E-state index contributed by atoms with van der Waals surface area (Å²) < 4.78 is 0. The molecule has 4 aromatic rings. The fourth-order valence-corrected chi connectivity index (χ4v) is 5.34. The van der Waals surface area contributed by atoms with Gasteiger partial charge in [-0.3, -0.25) is 9.59 Å². The quantitative estimate of drug-likeness (QED) is 0.126. The maximum absolute atomic E-state index is 13.6. The third-order valence-electron chi connectivity index (χ3n) is 7.59. The Morgan fingerprint density at radius 1 is 0.953 bits per heavy atom. The number of carbonyl (C=O) groups is 2. The number of aliphatic hydroxyl groups is 1. The Morgan fingerprint density at radius 2 is 1.74 bits per heavy atom. The lowest BCUT2D eigenvalue weighted by Crippen LogP contribution is -2.47. The van der Waals surface area contributed by atoms with Crippen molar-refractivity contribution in [2.45, 2.75) is 58.3 Å². The van der Waals surface area contributed by atoms with E-state index >= 15 is 0 Å². The van der Waals surface area contributed by atoms with E-state index in [0.29, 0.717) is 38.0 Å². The minimum absolute atomic E-state index is 0.0948. The molecule has 0 aliphatic carbocycles. The van der Waals surface area contributed by atoms with Gasteiger partial charge >= 0.3 is 0 Å². The molecule has 0 bridgehead atoms. The molecular formula is C34H44N6O3. The van der Waals surface area contributed by atoms with Crippen molar-refractivity contribution in [2.75, 3.05) is 26.2 Å². The molecule has 4 rings (SSSR count). The summed E-state index contributed by atoms with van der Waals surface area (Å²) in [5.41, 5.74) is 2.58. The summed E-state index contributed by atoms with van der Waals surface area (Å²) in [6.45, 7) is 7.66. The minimum Gasteiger partial charge on any atom is -0.395 e. The molecular weight excluding hydrogens is 540 g/mol. The number of aliphatic hydroxyl groups excluding tert-OH is 1. The molecule has 0 fully saturated rings. The van der Waals surface area contributed by atoms with Crippen molar-refractivity contribution in [3.63, 3.8) is 0 Å². The second-order valence-corrected chi connectivity index (χ2v) is 10.9. The lowest BCUT2D eigenvalue weighted by atomic mass is 9.99. The summed E-state index contributed by atoms with van der Waals surface area (Å²) in [7, 11) is 0. The molecule has 3 aromatic carbocycles. The van der Waals surface area contributed by atoms with Crippen LogP contribution >= 0.6 is 0 Å². The molecule has 0 radical (unpaired) electrons. The lowest BCUT2D eigenvalue weighted by Gasteiger charge is -2.24. The number of H-pyrrole nitrogens is 1. The number of benzene rings is 3. The highest BCUT2D eigenvalue weighted by Gasteiger charge is 2.24. The molecule has 9 nitrogen and oxygen atoms in total. The number of aromatic nitrogens is 2. The number of hydrogen-bond acceptors (Lipinski definition) is 6. The molecule has 1 aromatic heterocycles. The van der Waals surface area contributed by atoms with Crippen LogP contribution in [0.4, 0.5) is 0 Å². The Balaban J connectivity index is 1.41. The molecule has 5 N–H and O–H groups in total. The first-order chi connectivity index (χ1) is 21.0. The number of imidazole rings is 1. The van der Waals surface area contributed by atoms with Gasteiger partial charge in [0.25, 0.3) is 5.91 Å². The lowest BCUT2D eigenvalue weighted by molar-refractivity contribution is -0.123. The van der Waals surface area contributed by atoms with Crippen LogP contribution in [-0.4, -0.2) is 64.1 Å². The van der Waals surface area contributed by atoms with Crippen LogP contribution in [0.5, 0.6) is 0 Å². The maximum atomic E-state index is 13.6. The highest BCUT2D eigenvalue weighted by molar-refractivity contribution is 5.97. The summed E-state index contributed by atoms with van der Waals surface area (Å²) >= 11 is 0. The van der Waals surface area contributed by atoms with Crippen LogP contribution in [0.1, 0.15) is 66.5 Å². The van der Waals surface area contributed by atoms with Gasteiger partial charge in [-0.1, -0.05) is 61.5 Å². The van der Waals surface area contributed by atoms with Crippen molar-refractivity contribution in [2.24, 2.45) is 0 Å². The Morgan fingerprint density at radius 3 is 2.49 bits per heavy atom. The molecule has 228 valence electrons. The second kappa shape index (κ2) is 16.6. The summed E-state index contributed by atoms with van der Waals surface area (Å²) in [5, 5.41) is 21.1. The highest BCUT2D eigenvalue weighted by atomic mass is 16.3. The van der Waals surface area contributed by atoms with E-state index in [-0.39, 0.29) is 24.5 Å². The second-order valence-electron chi connectivity index (χ2n) is 10.9. The fourth-order valence-electron chi connectivity index (χ4n) is 5.34. The normalized spacial score (nSPS) is 12.7. The highest BCUT2D eigenvalue weighted by Crippen LogP contribution is 2.24. The van der Waals surface area contributed by atoms with E-state index in [2.05, 4.69) is 55.9 Å². The van der Waals surface area contributed by atoms with Crippen molar-refractivity contribution in [3.8, 4) is 0 Å². The molecule has 0 aliphatic rings. The van der Waals surface area contributed by atoms with Crippen molar-refractivity contribution in [3.05, 3.63) is 102 Å². The van der Waals surface area contributed by atoms with E-state index in [1.165, 1.54) is 0 Å². The van der Waals surface area contributed by atoms with Crippen LogP contribution < -0.4 is 16.0 Å². The van der Waals surface area contributed by atoms with E-state index in [9.17, 15) is 14.7 Å². The van der Waals surface area contributed by atoms with Crippen LogP contribution in [0.2, 0.25) is 0 Å². The first kappa shape index (κ1) is 31.9. The number of amides is 2. The van der Waals surface area contributed by atoms with Crippen LogP contribution in [0.15, 0.2) is 79.1 Å². The van der Waals surface area contributed by atoms with Crippen LogP contribution in [-0.2, 0) is 17.9 Å². The van der Waals surface area contributed by atoms with Gasteiger partial charge in [0.1, 0.15) is 11.9 Å². The maximum Gasteiger partial charge on any atom is 0.251 e. The summed E-state index contributed by atoms with van der Waals surface area (Å²) in [5.74, 6) is 0.370. The number of hydrogen-bond donors (Lipinski definition) is 5. The molecule has 2 amide bonds. The summed E-state index contributed by atoms with van der Waals surface area (Å²) in [6, 6.07) is 20.7. The van der Waals surface area contributed by atoms with Gasteiger partial charge < -0.3 is 30.9 Å². The number of fused-ring (bicyclic) bond motifs is 1. The third kappa shape index (κ3) is 9.47. The van der Waals surface area contributed by atoms with Gasteiger partial charge in [-0.05, 0) is 73.3 Å². The zero-order valence-corrected chi connectivity index (χ0v) is 25.2. The SMILES string of the molecule is CCCN(CCO)CCC[C@H](NC(=O)c1ccc(CNCc2ncc[nH]2)cc1)C(=O)N[C@@H](C)c1cccc2ccccc12. The largest absolute Gasteiger partial charge is 0.395 e. The number of carbonyl (C=O) groups excluding carboxylic acids is 2. The first-order valence-electron chi connectivity index (χ1n) is 15.2. The van der Waals surface area contributed by atoms with Crippen molar-refractivity contribution in [1.29, 1.82) is 0 Å². The molecule has 0 saturated heterocycles. The molecule has 0 saturated carbocycles. The Kier molecular flexibility index (Phi) is 12.3. The smallest absolute Gasteiger partial charge is 0.251 e. The number of nitrogens with zero attached hydrogens (tertiary/aromatic N) is 2. The van der Waals surface area contributed by atoms with Crippen molar-refractivity contribution < 1.29 is 14.7 Å². The standard InChI is InChI=1S/C34H44N6O3/c1-3-19-40(21-22-41)20-7-12-31(34(43)38-25(2)29-11-6-9-27-8-4-5-10-30(27)29)39-33(42)28-15-13-26(14-16-28)23-35-24-32-36-17-18-37-32/h4-6,8-11,13-18,25,31,35,41H,3,7,12,19-24H2,1-2H3,(H,36,37)(H,38,43)(H,39,42)/t25-,31-/m0/s1. The van der Waals surface area contributed by atoms with Crippen molar-refractivity contribution in [1.82, 2.24) is 30.8 Å². The molecule has 0 aliphatic heterocycles. The molecule has 0 unspecified atom stereocenters. The van der Waals surface area contributed by atoms with E-state index in [1.54, 1.807) is 24.5 Å². The van der Waals surface area contributed by atoms with Gasteiger partial charge in [0.05, 0.1) is 19.2 Å². The minimum atomic E-state index is -0.697. The Labute approximate surface area is 254 Å². The monoisotopic (exact) mass is 584 g/mol. The van der Waals surface area contributed by atoms with Gasteiger partial charge in [-0.25, -0.2) is 4.98 Å². The van der Waals surface area contributed by atoms with Crippen LogP contribution in [0.3, 0.4) is 0 Å². The number of aromatic amines is 1. The van der Waals surface area contributed by atoms with Gasteiger partial charge in [-0.15, -0.1) is 0 Å². The average Bonchev–Trinajstić information content (AvgIpc) is 3.54. The fraction of sp³-hybridized carbons (Fsp3) is 0.382. The predicted molar refractivity (Wildman–Crippen MR) is 170 cm³/mol. The molecule has 0 spiro atoms. The molecule has 43 heavy (non-hydrogen) atoms. The van der Waals surface area contributed by atoms with Crippen LogP contribution in [0, 0.1) is 0 Å². The topological polar surface area (TPSA) is 122 Å². The zero-order chi connectivity index (χ0) is 30.4. The molecule has 9 heteroatoms. The van der Waals surface area contributed by atoms with Gasteiger partial charge in [0, 0.05) is 31.0 Å². The summed E-state index contributed by atoms with van der Waals surface area (Å²) in [6.07, 6.45) is 5.69. The summed E-state index contributed by atoms with van der Waals surface area (Å²) in [4.78, 5) is 36.4.